The molecule has 1 aromatic heterocycles. The average Bonchev–Trinajstić information content (AvgIpc) is 3.13. The molecule has 29 heavy (non-hydrogen) atoms. The van der Waals surface area contributed by atoms with Crippen LogP contribution in [0.2, 0.25) is 0 Å². The molecule has 8 nitrogen and oxygen atoms in total. The topological polar surface area (TPSA) is 111 Å². The molecule has 0 aliphatic heterocycles. The van der Waals surface area contributed by atoms with Crippen LogP contribution >= 0.6 is 11.8 Å². The minimum absolute atomic E-state index is 0.122. The van der Waals surface area contributed by atoms with Gasteiger partial charge in [0.15, 0.2) is 0 Å². The number of anilines is 1. The SMILES string of the molecule is Cc1ccc(-c2nnc(S[C@@H](C)C(=O)Nc3ccc(F)c([N+](=O)[O-])c3)o2)cc1C. The summed E-state index contributed by atoms with van der Waals surface area (Å²) in [5, 5.41) is 20.9. The normalized spacial score (nSPS) is 11.9. The van der Waals surface area contributed by atoms with Crippen molar-refractivity contribution in [3.63, 3.8) is 0 Å². The summed E-state index contributed by atoms with van der Waals surface area (Å²) in [7, 11) is 0. The van der Waals surface area contributed by atoms with Crippen LogP contribution in [0.25, 0.3) is 11.5 Å². The van der Waals surface area contributed by atoms with E-state index in [0.717, 1.165) is 40.6 Å². The molecule has 1 amide bonds. The van der Waals surface area contributed by atoms with Gasteiger partial charge in [-0.25, -0.2) is 0 Å². The van der Waals surface area contributed by atoms with Gasteiger partial charge in [-0.05, 0) is 56.2 Å². The number of carbonyl (C=O) groups excluding carboxylic acids is 1. The fraction of sp³-hybridized carbons (Fsp3) is 0.211. The smallest absolute Gasteiger partial charge is 0.306 e. The number of nitro benzene ring substituents is 1. The van der Waals surface area contributed by atoms with Crippen LogP contribution in [0, 0.1) is 29.8 Å². The highest BCUT2D eigenvalue weighted by Gasteiger charge is 2.21. The van der Waals surface area contributed by atoms with Gasteiger partial charge in [0.05, 0.1) is 10.2 Å². The van der Waals surface area contributed by atoms with Crippen LogP contribution in [0.1, 0.15) is 18.1 Å². The van der Waals surface area contributed by atoms with Crippen molar-refractivity contribution in [1.29, 1.82) is 0 Å². The number of halogens is 1. The molecule has 0 saturated carbocycles. The minimum Gasteiger partial charge on any atom is -0.411 e. The molecule has 10 heteroatoms. The molecular weight excluding hydrogens is 399 g/mol. The quantitative estimate of drug-likeness (QED) is 0.357. The number of rotatable bonds is 6. The molecule has 0 unspecified atom stereocenters. The van der Waals surface area contributed by atoms with Crippen LogP contribution < -0.4 is 5.32 Å². The monoisotopic (exact) mass is 416 g/mol. The number of nitrogens with zero attached hydrogens (tertiary/aromatic N) is 3. The van der Waals surface area contributed by atoms with Gasteiger partial charge in [-0.2, -0.15) is 4.39 Å². The number of benzene rings is 2. The van der Waals surface area contributed by atoms with Gasteiger partial charge < -0.3 is 9.73 Å². The second kappa shape index (κ2) is 8.39. The van der Waals surface area contributed by atoms with Gasteiger partial charge in [-0.1, -0.05) is 17.8 Å². The highest BCUT2D eigenvalue weighted by molar-refractivity contribution is 8.00. The summed E-state index contributed by atoms with van der Waals surface area (Å²) in [6.45, 7) is 5.61. The van der Waals surface area contributed by atoms with E-state index in [2.05, 4.69) is 15.5 Å². The number of hydrogen-bond acceptors (Lipinski definition) is 7. The van der Waals surface area contributed by atoms with Gasteiger partial charge in [0.2, 0.25) is 17.6 Å². The minimum atomic E-state index is -0.972. The Balaban J connectivity index is 1.67. The van der Waals surface area contributed by atoms with Crippen molar-refractivity contribution in [3.05, 3.63) is 63.5 Å². The fourth-order valence-corrected chi connectivity index (χ4v) is 3.11. The zero-order valence-electron chi connectivity index (χ0n) is 15.8. The van der Waals surface area contributed by atoms with E-state index in [4.69, 9.17) is 4.42 Å². The Morgan fingerprint density at radius 1 is 1.21 bits per heavy atom. The second-order valence-corrected chi connectivity index (χ2v) is 7.64. The maximum Gasteiger partial charge on any atom is 0.306 e. The second-order valence-electron chi connectivity index (χ2n) is 6.34. The number of carbonyl (C=O) groups is 1. The van der Waals surface area contributed by atoms with E-state index in [0.29, 0.717) is 5.89 Å². The number of thioether (sulfide) groups is 1. The number of nitrogens with one attached hydrogen (secondary N) is 1. The largest absolute Gasteiger partial charge is 0.411 e. The Bertz CT molecular complexity index is 1090. The molecule has 3 rings (SSSR count). The predicted molar refractivity (Wildman–Crippen MR) is 106 cm³/mol. The molecule has 1 N–H and O–H groups in total. The molecule has 0 fully saturated rings. The molecule has 3 aromatic rings. The van der Waals surface area contributed by atoms with Crippen molar-refractivity contribution in [1.82, 2.24) is 10.2 Å². The first-order valence-electron chi connectivity index (χ1n) is 8.57. The summed E-state index contributed by atoms with van der Waals surface area (Å²) < 4.78 is 19.0. The highest BCUT2D eigenvalue weighted by atomic mass is 32.2. The Labute approximate surface area is 169 Å². The first-order valence-corrected chi connectivity index (χ1v) is 9.45. The first kappa shape index (κ1) is 20.5. The maximum absolute atomic E-state index is 13.4. The van der Waals surface area contributed by atoms with Crippen LogP contribution in [0.15, 0.2) is 46.0 Å². The number of aromatic nitrogens is 2. The molecule has 150 valence electrons. The van der Waals surface area contributed by atoms with Gasteiger partial charge in [-0.15, -0.1) is 10.2 Å². The highest BCUT2D eigenvalue weighted by Crippen LogP contribution is 2.28. The van der Waals surface area contributed by atoms with Crippen molar-refractivity contribution < 1.29 is 18.5 Å². The van der Waals surface area contributed by atoms with Crippen molar-refractivity contribution >= 4 is 29.0 Å². The number of amides is 1. The third kappa shape index (κ3) is 4.77. The third-order valence-electron chi connectivity index (χ3n) is 4.22. The fourth-order valence-electron chi connectivity index (χ4n) is 2.43. The molecular formula is C19H17FN4O4S. The average molecular weight is 416 g/mol. The summed E-state index contributed by atoms with van der Waals surface area (Å²) in [6.07, 6.45) is 0. The van der Waals surface area contributed by atoms with E-state index in [1.54, 1.807) is 6.92 Å². The Kier molecular flexibility index (Phi) is 5.92. The van der Waals surface area contributed by atoms with Crippen LogP contribution in [0.4, 0.5) is 15.8 Å². The summed E-state index contributed by atoms with van der Waals surface area (Å²) in [5.41, 5.74) is 2.43. The van der Waals surface area contributed by atoms with E-state index in [1.165, 1.54) is 6.07 Å². The Hall–Kier alpha value is -3.27. The molecule has 0 saturated heterocycles. The third-order valence-corrected chi connectivity index (χ3v) is 5.15. The van der Waals surface area contributed by atoms with Crippen molar-refractivity contribution in [2.75, 3.05) is 5.32 Å². The number of hydrogen-bond donors (Lipinski definition) is 1. The molecule has 0 aliphatic rings. The Morgan fingerprint density at radius 2 is 1.97 bits per heavy atom. The number of aryl methyl sites for hydroxylation is 2. The molecule has 2 aromatic carbocycles. The lowest BCUT2D eigenvalue weighted by Gasteiger charge is -2.09. The van der Waals surface area contributed by atoms with E-state index >= 15 is 0 Å². The van der Waals surface area contributed by atoms with Crippen LogP contribution in [-0.2, 0) is 4.79 Å². The molecule has 0 radical (unpaired) electrons. The van der Waals surface area contributed by atoms with Crippen molar-refractivity contribution in [2.45, 2.75) is 31.2 Å². The summed E-state index contributed by atoms with van der Waals surface area (Å²) in [6, 6.07) is 8.92. The van der Waals surface area contributed by atoms with Crippen LogP contribution in [0.5, 0.6) is 0 Å². The van der Waals surface area contributed by atoms with Gasteiger partial charge in [0.25, 0.3) is 5.22 Å². The van der Waals surface area contributed by atoms with Crippen LogP contribution in [-0.4, -0.2) is 26.3 Å². The Morgan fingerprint density at radius 3 is 2.66 bits per heavy atom. The van der Waals surface area contributed by atoms with E-state index in [1.807, 2.05) is 32.0 Å². The van der Waals surface area contributed by atoms with E-state index in [9.17, 15) is 19.3 Å². The van der Waals surface area contributed by atoms with Gasteiger partial charge in [0.1, 0.15) is 0 Å². The lowest BCUT2D eigenvalue weighted by Crippen LogP contribution is -2.22. The van der Waals surface area contributed by atoms with Gasteiger partial charge >= 0.3 is 5.69 Å². The zero-order chi connectivity index (χ0) is 21.1. The van der Waals surface area contributed by atoms with Crippen LogP contribution in [0.3, 0.4) is 0 Å². The van der Waals surface area contributed by atoms with E-state index in [-0.39, 0.29) is 10.9 Å². The summed E-state index contributed by atoms with van der Waals surface area (Å²) >= 11 is 1.05. The summed E-state index contributed by atoms with van der Waals surface area (Å²) in [4.78, 5) is 22.3. The molecule has 0 aliphatic carbocycles. The van der Waals surface area contributed by atoms with Crippen molar-refractivity contribution in [3.8, 4) is 11.5 Å². The molecule has 0 spiro atoms. The van der Waals surface area contributed by atoms with Gasteiger partial charge in [0, 0.05) is 17.3 Å². The maximum atomic E-state index is 13.4. The zero-order valence-corrected chi connectivity index (χ0v) is 16.6. The first-order chi connectivity index (χ1) is 13.7. The van der Waals surface area contributed by atoms with Gasteiger partial charge in [-0.3, -0.25) is 14.9 Å². The molecule has 0 bridgehead atoms. The standard InChI is InChI=1S/C19H17FN4O4S/c1-10-4-5-13(8-11(10)2)18-22-23-19(28-18)29-12(3)17(25)21-14-6-7-15(20)16(9-14)24(26)27/h4-9,12H,1-3H3,(H,21,25)/t12-/m0/s1. The lowest BCUT2D eigenvalue weighted by atomic mass is 10.1. The lowest BCUT2D eigenvalue weighted by molar-refractivity contribution is -0.387. The molecule has 1 heterocycles. The van der Waals surface area contributed by atoms with Crippen molar-refractivity contribution in [2.24, 2.45) is 0 Å². The molecule has 1 atom stereocenters. The number of nitro groups is 1. The van der Waals surface area contributed by atoms with E-state index < -0.39 is 27.6 Å². The summed E-state index contributed by atoms with van der Waals surface area (Å²) in [5.74, 6) is -1.07. The predicted octanol–water partition coefficient (Wildman–Crippen LogP) is 4.52.